The van der Waals surface area contributed by atoms with Gasteiger partial charge in [-0.05, 0) is 43.4 Å². The zero-order valence-electron chi connectivity index (χ0n) is 16.7. The minimum atomic E-state index is -0.473. The number of hydrogen-bond donors (Lipinski definition) is 4. The van der Waals surface area contributed by atoms with E-state index in [0.29, 0.717) is 17.0 Å². The average molecular weight is 406 g/mol. The Morgan fingerprint density at radius 2 is 1.87 bits per heavy atom. The van der Waals surface area contributed by atoms with E-state index < -0.39 is 6.04 Å². The maximum atomic E-state index is 12.8. The van der Waals surface area contributed by atoms with Gasteiger partial charge in [-0.25, -0.2) is 9.97 Å². The van der Waals surface area contributed by atoms with Crippen LogP contribution >= 0.6 is 0 Å². The Morgan fingerprint density at radius 1 is 1.10 bits per heavy atom. The van der Waals surface area contributed by atoms with E-state index in [4.69, 9.17) is 0 Å². The Hall–Kier alpha value is -3.03. The molecule has 1 saturated carbocycles. The van der Waals surface area contributed by atoms with Crippen LogP contribution in [0, 0.1) is 0 Å². The Balaban J connectivity index is 1.49. The summed E-state index contributed by atoms with van der Waals surface area (Å²) in [7, 11) is 0. The molecule has 156 valence electrons. The smallest absolute Gasteiger partial charge is 0.251 e. The fourth-order valence-corrected chi connectivity index (χ4v) is 3.80. The number of carbonyl (C=O) groups excluding carboxylic acids is 1. The van der Waals surface area contributed by atoms with E-state index >= 15 is 0 Å². The van der Waals surface area contributed by atoms with Crippen LogP contribution in [0.5, 0.6) is 0 Å². The van der Waals surface area contributed by atoms with E-state index in [1.807, 2.05) is 36.4 Å². The number of aliphatic hydroxyl groups excluding tert-OH is 2. The molecule has 0 radical (unpaired) electrons. The van der Waals surface area contributed by atoms with Crippen molar-refractivity contribution >= 4 is 22.8 Å². The van der Waals surface area contributed by atoms with E-state index in [1.165, 1.54) is 0 Å². The molecule has 3 aromatic rings. The standard InChI is InChI=1S/C23H26N4O3/c28-14-21(15-4-2-1-3-5-15)26-22(30)16-6-7-17-13-24-23(27-20(17)12-16)25-18-8-10-19(29)11-9-18/h1-7,12-13,18-19,21,28-29H,8-11,14H2,(H,26,30)(H,24,25,27)/t18-,19-,21?. The third-order valence-corrected chi connectivity index (χ3v) is 5.56. The number of nitrogens with one attached hydrogen (secondary N) is 2. The number of anilines is 1. The van der Waals surface area contributed by atoms with Gasteiger partial charge < -0.3 is 20.8 Å². The van der Waals surface area contributed by atoms with Gasteiger partial charge >= 0.3 is 0 Å². The van der Waals surface area contributed by atoms with E-state index in [1.54, 1.807) is 18.3 Å². The van der Waals surface area contributed by atoms with Gasteiger partial charge in [0.2, 0.25) is 5.95 Å². The monoisotopic (exact) mass is 406 g/mol. The number of rotatable bonds is 6. The number of benzene rings is 2. The first-order valence-corrected chi connectivity index (χ1v) is 10.3. The van der Waals surface area contributed by atoms with Gasteiger partial charge in [-0.1, -0.05) is 36.4 Å². The number of amides is 1. The molecule has 0 spiro atoms. The first-order valence-electron chi connectivity index (χ1n) is 10.3. The normalized spacial score (nSPS) is 19.9. The number of aliphatic hydroxyl groups is 2. The van der Waals surface area contributed by atoms with Crippen LogP contribution < -0.4 is 10.6 Å². The molecule has 2 aromatic carbocycles. The number of nitrogens with zero attached hydrogens (tertiary/aromatic N) is 2. The summed E-state index contributed by atoms with van der Waals surface area (Å²) in [5.74, 6) is 0.258. The zero-order chi connectivity index (χ0) is 20.9. The fourth-order valence-electron chi connectivity index (χ4n) is 3.80. The average Bonchev–Trinajstić information content (AvgIpc) is 2.79. The van der Waals surface area contributed by atoms with Gasteiger partial charge in [0.1, 0.15) is 0 Å². The lowest BCUT2D eigenvalue weighted by atomic mass is 9.93. The molecule has 1 atom stereocenters. The second-order valence-electron chi connectivity index (χ2n) is 7.74. The minimum Gasteiger partial charge on any atom is -0.394 e. The molecule has 4 N–H and O–H groups in total. The van der Waals surface area contributed by atoms with Crippen molar-refractivity contribution in [3.8, 4) is 0 Å². The van der Waals surface area contributed by atoms with E-state index in [2.05, 4.69) is 20.6 Å². The molecule has 1 aliphatic carbocycles. The maximum Gasteiger partial charge on any atom is 0.251 e. The number of fused-ring (bicyclic) bond motifs is 1. The van der Waals surface area contributed by atoms with Crippen molar-refractivity contribution in [3.63, 3.8) is 0 Å². The Labute approximate surface area is 175 Å². The molecule has 1 unspecified atom stereocenters. The van der Waals surface area contributed by atoms with Crippen LogP contribution in [0.15, 0.2) is 54.7 Å². The number of hydrogen-bond acceptors (Lipinski definition) is 6. The predicted octanol–water partition coefficient (Wildman–Crippen LogP) is 2.81. The topological polar surface area (TPSA) is 107 Å². The minimum absolute atomic E-state index is 0.185. The molecule has 7 nitrogen and oxygen atoms in total. The molecular formula is C23H26N4O3. The van der Waals surface area contributed by atoms with Crippen LogP contribution in [0.25, 0.3) is 10.9 Å². The lowest BCUT2D eigenvalue weighted by Gasteiger charge is -2.26. The molecule has 30 heavy (non-hydrogen) atoms. The van der Waals surface area contributed by atoms with Crippen LogP contribution in [0.2, 0.25) is 0 Å². The molecule has 1 amide bonds. The van der Waals surface area contributed by atoms with Crippen molar-refractivity contribution in [2.75, 3.05) is 11.9 Å². The Kier molecular flexibility index (Phi) is 6.21. The lowest BCUT2D eigenvalue weighted by Crippen LogP contribution is -2.30. The number of carbonyl (C=O) groups is 1. The highest BCUT2D eigenvalue weighted by Gasteiger charge is 2.20. The Bertz CT molecular complexity index is 1000. The van der Waals surface area contributed by atoms with Gasteiger partial charge in [0, 0.05) is 23.2 Å². The summed E-state index contributed by atoms with van der Waals surface area (Å²) < 4.78 is 0. The lowest BCUT2D eigenvalue weighted by molar-refractivity contribution is 0.0916. The molecule has 4 rings (SSSR count). The quantitative estimate of drug-likeness (QED) is 0.501. The van der Waals surface area contributed by atoms with Crippen molar-refractivity contribution in [2.45, 2.75) is 43.9 Å². The third kappa shape index (κ3) is 4.75. The van der Waals surface area contributed by atoms with E-state index in [0.717, 1.165) is 36.6 Å². The highest BCUT2D eigenvalue weighted by molar-refractivity contribution is 5.98. The second-order valence-corrected chi connectivity index (χ2v) is 7.74. The van der Waals surface area contributed by atoms with Gasteiger partial charge in [0.15, 0.2) is 0 Å². The summed E-state index contributed by atoms with van der Waals surface area (Å²) in [6, 6.07) is 14.4. The van der Waals surface area contributed by atoms with Crippen LogP contribution in [-0.4, -0.2) is 44.8 Å². The molecule has 7 heteroatoms. The van der Waals surface area contributed by atoms with Crippen molar-refractivity contribution in [1.29, 1.82) is 0 Å². The van der Waals surface area contributed by atoms with Gasteiger partial charge in [-0.15, -0.1) is 0 Å². The van der Waals surface area contributed by atoms with Crippen LogP contribution in [-0.2, 0) is 0 Å². The summed E-state index contributed by atoms with van der Waals surface area (Å²) in [6.45, 7) is -0.185. The van der Waals surface area contributed by atoms with E-state index in [-0.39, 0.29) is 24.7 Å². The van der Waals surface area contributed by atoms with Gasteiger partial charge in [0.05, 0.1) is 24.3 Å². The van der Waals surface area contributed by atoms with Crippen molar-refractivity contribution in [2.24, 2.45) is 0 Å². The van der Waals surface area contributed by atoms with E-state index in [9.17, 15) is 15.0 Å². The van der Waals surface area contributed by atoms with Crippen LogP contribution in [0.3, 0.4) is 0 Å². The summed E-state index contributed by atoms with van der Waals surface area (Å²) in [5, 5.41) is 26.4. The molecular weight excluding hydrogens is 380 g/mol. The van der Waals surface area contributed by atoms with Crippen molar-refractivity contribution in [1.82, 2.24) is 15.3 Å². The number of aromatic nitrogens is 2. The molecule has 1 fully saturated rings. The molecule has 0 aliphatic heterocycles. The molecule has 0 bridgehead atoms. The van der Waals surface area contributed by atoms with Gasteiger partial charge in [-0.2, -0.15) is 0 Å². The van der Waals surface area contributed by atoms with Gasteiger partial charge in [-0.3, -0.25) is 4.79 Å². The SMILES string of the molecule is O=C(NC(CO)c1ccccc1)c1ccc2cnc(N[C@H]3CC[C@H](O)CC3)nc2c1. The summed E-state index contributed by atoms with van der Waals surface area (Å²) >= 11 is 0. The molecule has 1 aliphatic rings. The molecule has 1 heterocycles. The van der Waals surface area contributed by atoms with Crippen molar-refractivity contribution in [3.05, 3.63) is 65.9 Å². The van der Waals surface area contributed by atoms with Crippen molar-refractivity contribution < 1.29 is 15.0 Å². The highest BCUT2D eigenvalue weighted by atomic mass is 16.3. The fraction of sp³-hybridized carbons (Fsp3) is 0.348. The zero-order valence-corrected chi connectivity index (χ0v) is 16.7. The van der Waals surface area contributed by atoms with Gasteiger partial charge in [0.25, 0.3) is 5.91 Å². The molecule has 1 aromatic heterocycles. The largest absolute Gasteiger partial charge is 0.394 e. The highest BCUT2D eigenvalue weighted by Crippen LogP contribution is 2.22. The predicted molar refractivity (Wildman–Crippen MR) is 115 cm³/mol. The second kappa shape index (κ2) is 9.19. The molecule has 0 saturated heterocycles. The maximum absolute atomic E-state index is 12.8. The summed E-state index contributed by atoms with van der Waals surface area (Å²) in [4.78, 5) is 21.7. The third-order valence-electron chi connectivity index (χ3n) is 5.56. The first-order chi connectivity index (χ1) is 14.6. The van der Waals surface area contributed by atoms with Crippen LogP contribution in [0.1, 0.15) is 47.6 Å². The Morgan fingerprint density at radius 3 is 2.60 bits per heavy atom. The first kappa shape index (κ1) is 20.3. The summed E-state index contributed by atoms with van der Waals surface area (Å²) in [6.07, 6.45) is 4.86. The van der Waals surface area contributed by atoms with Crippen LogP contribution in [0.4, 0.5) is 5.95 Å². The summed E-state index contributed by atoms with van der Waals surface area (Å²) in [5.41, 5.74) is 2.00.